The van der Waals surface area contributed by atoms with Gasteiger partial charge in [0.05, 0.1) is 5.92 Å². The molecule has 3 aromatic rings. The number of benzene rings is 3. The van der Waals surface area contributed by atoms with Crippen LogP contribution in [0.25, 0.3) is 12.2 Å². The lowest BCUT2D eigenvalue weighted by molar-refractivity contribution is -0.222. The van der Waals surface area contributed by atoms with Crippen molar-refractivity contribution >= 4 is 12.2 Å². The van der Waals surface area contributed by atoms with Crippen LogP contribution in [0.4, 0.5) is 35.1 Å². The Morgan fingerprint density at radius 1 is 0.651 bits per heavy atom. The second kappa shape index (κ2) is 12.7. The maximum absolute atomic E-state index is 15.1. The Labute approximate surface area is 245 Å². The number of ether oxygens (including phenoxy) is 1. The van der Waals surface area contributed by atoms with Gasteiger partial charge in [0, 0.05) is 17.7 Å². The highest BCUT2D eigenvalue weighted by Gasteiger charge is 2.44. The molecule has 43 heavy (non-hydrogen) atoms. The lowest BCUT2D eigenvalue weighted by Crippen LogP contribution is -2.37. The molecule has 3 aromatic carbocycles. The molecule has 2 fully saturated rings. The molecule has 0 atom stereocenters. The third-order valence-electron chi connectivity index (χ3n) is 8.91. The molecule has 0 unspecified atom stereocenters. The van der Waals surface area contributed by atoms with Crippen molar-refractivity contribution in [1.82, 2.24) is 0 Å². The van der Waals surface area contributed by atoms with E-state index in [1.54, 1.807) is 12.1 Å². The summed E-state index contributed by atoms with van der Waals surface area (Å²) in [5, 5.41) is 0. The molecule has 0 spiro atoms. The third-order valence-corrected chi connectivity index (χ3v) is 8.91. The van der Waals surface area contributed by atoms with Gasteiger partial charge in [-0.05, 0) is 97.2 Å². The number of alkyl halides is 2. The van der Waals surface area contributed by atoms with Gasteiger partial charge in [-0.15, -0.1) is 0 Å². The summed E-state index contributed by atoms with van der Waals surface area (Å²) in [7, 11) is 0. The lowest BCUT2D eigenvalue weighted by Gasteiger charge is -2.34. The molecule has 2 aliphatic rings. The van der Waals surface area contributed by atoms with E-state index in [1.807, 2.05) is 6.07 Å². The summed E-state index contributed by atoms with van der Waals surface area (Å²) in [5.41, 5.74) is 0.648. The second-order valence-electron chi connectivity index (χ2n) is 11.9. The van der Waals surface area contributed by atoms with E-state index in [0.717, 1.165) is 43.4 Å². The van der Waals surface area contributed by atoms with Gasteiger partial charge in [-0.25, -0.2) is 26.3 Å². The topological polar surface area (TPSA) is 9.23 Å². The molecule has 0 aromatic heterocycles. The fourth-order valence-corrected chi connectivity index (χ4v) is 6.33. The van der Waals surface area contributed by atoms with Crippen LogP contribution < -0.4 is 4.74 Å². The summed E-state index contributed by atoms with van der Waals surface area (Å²) in [6.45, 7) is 2.23. The fraction of sp³-hybridized carbons (Fsp3) is 0.412. The first kappa shape index (κ1) is 31.1. The Kier molecular flexibility index (Phi) is 9.18. The van der Waals surface area contributed by atoms with Crippen molar-refractivity contribution in [2.45, 2.75) is 76.2 Å². The largest absolute Gasteiger partial charge is 0.432 e. The zero-order valence-electron chi connectivity index (χ0n) is 23.6. The maximum atomic E-state index is 15.1. The van der Waals surface area contributed by atoms with Crippen LogP contribution in [0.15, 0.2) is 42.5 Å². The maximum Gasteiger partial charge on any atom is 0.400 e. The quantitative estimate of drug-likeness (QED) is 0.147. The minimum atomic E-state index is -3.73. The van der Waals surface area contributed by atoms with Crippen molar-refractivity contribution in [3.05, 3.63) is 99.6 Å². The van der Waals surface area contributed by atoms with Crippen LogP contribution in [0.3, 0.4) is 0 Å². The molecule has 0 N–H and O–H groups in total. The van der Waals surface area contributed by atoms with Gasteiger partial charge in [-0.2, -0.15) is 8.78 Å². The Hall–Kier alpha value is -3.36. The van der Waals surface area contributed by atoms with E-state index in [1.165, 1.54) is 0 Å². The number of halogens is 8. The van der Waals surface area contributed by atoms with Crippen LogP contribution in [0, 0.1) is 46.7 Å². The molecule has 2 saturated carbocycles. The average Bonchev–Trinajstić information content (AvgIpc) is 2.95. The highest BCUT2D eigenvalue weighted by molar-refractivity contribution is 5.70. The van der Waals surface area contributed by atoms with E-state index >= 15 is 13.2 Å². The van der Waals surface area contributed by atoms with E-state index in [9.17, 15) is 22.0 Å². The summed E-state index contributed by atoms with van der Waals surface area (Å²) in [4.78, 5) is 0. The fourth-order valence-electron chi connectivity index (χ4n) is 6.33. The molecule has 1 nitrogen and oxygen atoms in total. The van der Waals surface area contributed by atoms with Crippen LogP contribution in [-0.2, 0) is 0 Å². The van der Waals surface area contributed by atoms with E-state index in [0.29, 0.717) is 54.5 Å². The Bertz CT molecular complexity index is 1440. The van der Waals surface area contributed by atoms with Crippen LogP contribution in [0.5, 0.6) is 5.75 Å². The number of hydrogen-bond acceptors (Lipinski definition) is 1. The van der Waals surface area contributed by atoms with Crippen LogP contribution >= 0.6 is 0 Å². The molecule has 230 valence electrons. The Morgan fingerprint density at radius 2 is 1.23 bits per heavy atom. The van der Waals surface area contributed by atoms with Gasteiger partial charge < -0.3 is 4.74 Å². The first-order valence-electron chi connectivity index (χ1n) is 14.6. The Morgan fingerprint density at radius 3 is 1.81 bits per heavy atom. The predicted octanol–water partition coefficient (Wildman–Crippen LogP) is 10.9. The van der Waals surface area contributed by atoms with Crippen LogP contribution in [0.2, 0.25) is 0 Å². The zero-order chi connectivity index (χ0) is 30.9. The molecule has 2 aliphatic carbocycles. The molecule has 0 bridgehead atoms. The van der Waals surface area contributed by atoms with Gasteiger partial charge in [-0.1, -0.05) is 38.0 Å². The predicted molar refractivity (Wildman–Crippen MR) is 149 cm³/mol. The van der Waals surface area contributed by atoms with E-state index < -0.39 is 52.4 Å². The minimum absolute atomic E-state index is 0.0376. The van der Waals surface area contributed by atoms with Crippen LogP contribution in [0.1, 0.15) is 92.4 Å². The number of rotatable bonds is 7. The van der Waals surface area contributed by atoms with E-state index in [4.69, 9.17) is 4.74 Å². The normalized spacial score (nSPS) is 23.1. The first-order chi connectivity index (χ1) is 20.4. The van der Waals surface area contributed by atoms with Crippen molar-refractivity contribution in [2.24, 2.45) is 11.8 Å². The van der Waals surface area contributed by atoms with Crippen molar-refractivity contribution in [3.8, 4) is 5.75 Å². The monoisotopic (exact) mass is 608 g/mol. The smallest absolute Gasteiger partial charge is 0.400 e. The summed E-state index contributed by atoms with van der Waals surface area (Å²) in [6, 6.07) is 7.81. The van der Waals surface area contributed by atoms with Gasteiger partial charge in [0.2, 0.25) is 0 Å². The summed E-state index contributed by atoms with van der Waals surface area (Å²) in [6.07, 6.45) is 3.09. The molecule has 0 saturated heterocycles. The summed E-state index contributed by atoms with van der Waals surface area (Å²) >= 11 is 0. The average molecular weight is 609 g/mol. The molecular formula is C34H32F8O. The van der Waals surface area contributed by atoms with Crippen molar-refractivity contribution in [2.75, 3.05) is 0 Å². The summed E-state index contributed by atoms with van der Waals surface area (Å²) < 4.78 is 119. The van der Waals surface area contributed by atoms with Crippen LogP contribution in [-0.4, -0.2) is 6.11 Å². The minimum Gasteiger partial charge on any atom is -0.432 e. The molecule has 0 radical (unpaired) electrons. The first-order valence-corrected chi connectivity index (χ1v) is 14.6. The third kappa shape index (κ3) is 7.07. The standard InChI is InChI=1S/C34H32F8O/c1-19-2-5-21(6-3-19)23-9-13-26(28(35)16-23)22-7-10-24(11-8-22)34(41,42)43-25-17-29(36)27(30(37)18-25)12-4-20-14-31(38)33(40)32(39)15-20/h4,9,12-19,21-22,24H,2-3,5-8,10-11H2,1H3/b12-4+. The molecule has 0 heterocycles. The molecule has 5 rings (SSSR count). The molecular weight excluding hydrogens is 576 g/mol. The molecule has 9 heteroatoms. The van der Waals surface area contributed by atoms with E-state index in [-0.39, 0.29) is 30.1 Å². The van der Waals surface area contributed by atoms with Crippen molar-refractivity contribution in [3.63, 3.8) is 0 Å². The van der Waals surface area contributed by atoms with Crippen molar-refractivity contribution < 1.29 is 39.9 Å². The van der Waals surface area contributed by atoms with Gasteiger partial charge in [-0.3, -0.25) is 0 Å². The highest BCUT2D eigenvalue weighted by atomic mass is 19.3. The van der Waals surface area contributed by atoms with E-state index in [2.05, 4.69) is 6.92 Å². The Balaban J connectivity index is 1.21. The van der Waals surface area contributed by atoms with Gasteiger partial charge >= 0.3 is 6.11 Å². The van der Waals surface area contributed by atoms with Crippen molar-refractivity contribution in [1.29, 1.82) is 0 Å². The van der Waals surface area contributed by atoms with Gasteiger partial charge in [0.25, 0.3) is 0 Å². The lowest BCUT2D eigenvalue weighted by atomic mass is 9.76. The zero-order valence-corrected chi connectivity index (χ0v) is 23.6. The molecule has 0 aliphatic heterocycles. The second-order valence-corrected chi connectivity index (χ2v) is 11.9. The SMILES string of the molecule is CC1CCC(c2ccc(C3CCC(C(F)(F)Oc4cc(F)c(/C=C/c5cc(F)c(F)c(F)c5)c(F)c4)CC3)c(F)c2)CC1. The highest BCUT2D eigenvalue weighted by Crippen LogP contribution is 2.45. The molecule has 0 amide bonds. The van der Waals surface area contributed by atoms with Gasteiger partial charge in [0.1, 0.15) is 23.2 Å². The van der Waals surface area contributed by atoms with Gasteiger partial charge in [0.15, 0.2) is 17.5 Å². The number of hydrogen-bond donors (Lipinski definition) is 0. The summed E-state index contributed by atoms with van der Waals surface area (Å²) in [5.74, 6) is -8.57.